The van der Waals surface area contributed by atoms with Crippen LogP contribution >= 0.6 is 0 Å². The summed E-state index contributed by atoms with van der Waals surface area (Å²) in [6.45, 7) is 1.59. The van der Waals surface area contributed by atoms with Crippen molar-refractivity contribution >= 4 is 5.91 Å². The Kier molecular flexibility index (Phi) is 27.3. The predicted molar refractivity (Wildman–Crippen MR) is 227 cm³/mol. The highest BCUT2D eigenvalue weighted by Crippen LogP contribution is 2.33. The number of aliphatic hydroxyl groups is 11. The Balaban J connectivity index is 1.60. The first-order valence-electron chi connectivity index (χ1n) is 23.4. The molecule has 17 unspecified atom stereocenters. The molecule has 0 aromatic carbocycles. The van der Waals surface area contributed by atoms with Crippen LogP contribution in [-0.2, 0) is 33.2 Å². The summed E-state index contributed by atoms with van der Waals surface area (Å²) in [7, 11) is 0. The molecule has 3 fully saturated rings. The summed E-state index contributed by atoms with van der Waals surface area (Å²) in [5, 5.41) is 119. The third-order valence-corrected chi connectivity index (χ3v) is 12.1. The average molecular weight is 912 g/mol. The molecule has 12 N–H and O–H groups in total. The van der Waals surface area contributed by atoms with E-state index in [9.17, 15) is 61.0 Å². The second-order valence-corrected chi connectivity index (χ2v) is 17.2. The van der Waals surface area contributed by atoms with E-state index in [1.165, 1.54) is 51.4 Å². The smallest absolute Gasteiger partial charge is 0.220 e. The van der Waals surface area contributed by atoms with Gasteiger partial charge >= 0.3 is 0 Å². The minimum absolute atomic E-state index is 0.246. The van der Waals surface area contributed by atoms with Gasteiger partial charge in [0.25, 0.3) is 0 Å². The normalized spacial score (nSPS) is 34.9. The lowest BCUT2D eigenvalue weighted by molar-refractivity contribution is -0.379. The maximum Gasteiger partial charge on any atom is 0.220 e. The first-order valence-corrected chi connectivity index (χ1v) is 23.4. The number of ether oxygens (including phenoxy) is 6. The van der Waals surface area contributed by atoms with Crippen molar-refractivity contribution in [2.45, 2.75) is 234 Å². The lowest BCUT2D eigenvalue weighted by Gasteiger charge is -2.48. The van der Waals surface area contributed by atoms with Crippen LogP contribution in [-0.4, -0.2) is 193 Å². The molecule has 0 bridgehead atoms. The third kappa shape index (κ3) is 17.9. The van der Waals surface area contributed by atoms with E-state index in [-0.39, 0.29) is 18.9 Å². The van der Waals surface area contributed by atoms with Crippen LogP contribution in [0.4, 0.5) is 0 Å². The van der Waals surface area contributed by atoms with E-state index in [2.05, 4.69) is 19.2 Å². The summed E-state index contributed by atoms with van der Waals surface area (Å²) in [5.41, 5.74) is 0. The fraction of sp³-hybridized carbons (Fsp3) is 0.932. The molecule has 17 atom stereocenters. The molecule has 0 saturated carbocycles. The highest BCUT2D eigenvalue weighted by Gasteiger charge is 2.53. The van der Waals surface area contributed by atoms with Crippen LogP contribution < -0.4 is 5.32 Å². The van der Waals surface area contributed by atoms with E-state index in [1.54, 1.807) is 6.08 Å². The molecular weight excluding hydrogens is 830 g/mol. The van der Waals surface area contributed by atoms with Gasteiger partial charge in [0, 0.05) is 6.42 Å². The minimum atomic E-state index is -1.97. The first-order chi connectivity index (χ1) is 30.3. The monoisotopic (exact) mass is 912 g/mol. The van der Waals surface area contributed by atoms with E-state index in [0.717, 1.165) is 51.4 Å². The number of carbonyl (C=O) groups excluding carboxylic acids is 1. The molecule has 0 spiro atoms. The fourth-order valence-electron chi connectivity index (χ4n) is 8.07. The molecule has 0 aromatic heterocycles. The Hall–Kier alpha value is -1.47. The van der Waals surface area contributed by atoms with Crippen LogP contribution in [0.15, 0.2) is 12.2 Å². The van der Waals surface area contributed by atoms with Gasteiger partial charge in [0.15, 0.2) is 18.9 Å². The number of rotatable bonds is 31. The molecular formula is C44H81NO18. The molecule has 63 heavy (non-hydrogen) atoms. The summed E-state index contributed by atoms with van der Waals surface area (Å²) < 4.78 is 33.9. The van der Waals surface area contributed by atoms with Gasteiger partial charge in [-0.3, -0.25) is 4.79 Å². The second-order valence-electron chi connectivity index (χ2n) is 17.2. The minimum Gasteiger partial charge on any atom is -0.394 e. The summed E-state index contributed by atoms with van der Waals surface area (Å²) >= 11 is 0. The standard InChI is InChI=1S/C44H81NO18/c1-3-5-7-9-11-13-14-16-18-20-22-32(50)45-27(28(49)21-19-17-15-12-10-8-6-4-2)26-58-42-38(56)35(53)40(30(24-47)60-42)63-44-39(57)36(54)41(31(25-48)61-44)62-43-37(55)34(52)33(51)29(23-46)59-43/h19,21,27-31,33-44,46-49,51-57H,3-18,20,22-26H2,1-2H3,(H,45,50)/b21-19+. The van der Waals surface area contributed by atoms with E-state index in [0.29, 0.717) is 6.42 Å². The van der Waals surface area contributed by atoms with Crippen LogP contribution in [0.25, 0.3) is 0 Å². The molecule has 0 radical (unpaired) electrons. The molecule has 0 aromatic rings. The van der Waals surface area contributed by atoms with Crippen LogP contribution in [0.1, 0.15) is 129 Å². The van der Waals surface area contributed by atoms with Crippen LogP contribution in [0.5, 0.6) is 0 Å². The van der Waals surface area contributed by atoms with Gasteiger partial charge in [-0.25, -0.2) is 0 Å². The summed E-state index contributed by atoms with van der Waals surface area (Å²) in [4.78, 5) is 13.1. The number of amides is 1. The fourth-order valence-corrected chi connectivity index (χ4v) is 8.07. The average Bonchev–Trinajstić information content (AvgIpc) is 3.28. The number of carbonyl (C=O) groups is 1. The Bertz CT molecular complexity index is 1230. The van der Waals surface area contributed by atoms with Crippen LogP contribution in [0.2, 0.25) is 0 Å². The number of hydrogen-bond donors (Lipinski definition) is 12. The number of nitrogens with one attached hydrogen (secondary N) is 1. The zero-order valence-corrected chi connectivity index (χ0v) is 37.3. The van der Waals surface area contributed by atoms with E-state index >= 15 is 0 Å². The van der Waals surface area contributed by atoms with Gasteiger partial charge in [-0.2, -0.15) is 0 Å². The lowest BCUT2D eigenvalue weighted by atomic mass is 9.96. The van der Waals surface area contributed by atoms with E-state index in [4.69, 9.17) is 28.4 Å². The molecule has 19 nitrogen and oxygen atoms in total. The zero-order chi connectivity index (χ0) is 46.3. The van der Waals surface area contributed by atoms with Gasteiger partial charge < -0.3 is 89.9 Å². The quantitative estimate of drug-likeness (QED) is 0.0320. The maximum absolute atomic E-state index is 13.1. The van der Waals surface area contributed by atoms with Crippen LogP contribution in [0.3, 0.4) is 0 Å². The van der Waals surface area contributed by atoms with Crippen LogP contribution in [0, 0.1) is 0 Å². The molecule has 3 heterocycles. The number of allylic oxidation sites excluding steroid dienone is 1. The van der Waals surface area contributed by atoms with Crippen molar-refractivity contribution in [3.63, 3.8) is 0 Å². The molecule has 0 aliphatic carbocycles. The van der Waals surface area contributed by atoms with E-state index < -0.39 is 124 Å². The second kappa shape index (κ2) is 30.7. The Morgan fingerprint density at radius 2 is 0.984 bits per heavy atom. The maximum atomic E-state index is 13.1. The Morgan fingerprint density at radius 1 is 0.556 bits per heavy atom. The largest absolute Gasteiger partial charge is 0.394 e. The van der Waals surface area contributed by atoms with Gasteiger partial charge in [0.1, 0.15) is 73.2 Å². The van der Waals surface area contributed by atoms with Gasteiger partial charge in [-0.15, -0.1) is 0 Å². The van der Waals surface area contributed by atoms with Gasteiger partial charge in [-0.05, 0) is 19.3 Å². The van der Waals surface area contributed by atoms with Crippen molar-refractivity contribution < 1.29 is 89.4 Å². The topological polar surface area (TPSA) is 307 Å². The number of unbranched alkanes of at least 4 members (excludes halogenated alkanes) is 15. The van der Waals surface area contributed by atoms with Crippen molar-refractivity contribution in [3.05, 3.63) is 12.2 Å². The van der Waals surface area contributed by atoms with Crippen molar-refractivity contribution in [3.8, 4) is 0 Å². The molecule has 1 amide bonds. The van der Waals surface area contributed by atoms with Crippen molar-refractivity contribution in [2.24, 2.45) is 0 Å². The predicted octanol–water partition coefficient (Wildman–Crippen LogP) is -0.0852. The van der Waals surface area contributed by atoms with Crippen molar-refractivity contribution in [1.82, 2.24) is 5.32 Å². The molecule has 3 aliphatic rings. The first kappa shape index (κ1) is 55.9. The summed E-state index contributed by atoms with van der Waals surface area (Å²) in [5.74, 6) is -0.284. The highest BCUT2D eigenvalue weighted by atomic mass is 16.8. The Morgan fingerprint density at radius 3 is 1.49 bits per heavy atom. The highest BCUT2D eigenvalue weighted by molar-refractivity contribution is 5.76. The number of hydrogen-bond acceptors (Lipinski definition) is 18. The molecule has 19 heteroatoms. The van der Waals surface area contributed by atoms with Gasteiger partial charge in [-0.1, -0.05) is 116 Å². The Labute approximate surface area is 372 Å². The molecule has 370 valence electrons. The van der Waals surface area contributed by atoms with Crippen molar-refractivity contribution in [1.29, 1.82) is 0 Å². The lowest BCUT2D eigenvalue weighted by Crippen LogP contribution is -2.66. The molecule has 3 rings (SSSR count). The SMILES string of the molecule is CCCCCCCC/C=C/C(O)C(COC1OC(CO)C(OC2OC(CO)C(OC3OC(CO)C(O)C(O)C3O)C(O)C2O)C(O)C1O)NC(=O)CCCCCCCCCCCC. The van der Waals surface area contributed by atoms with E-state index in [1.807, 2.05) is 6.08 Å². The summed E-state index contributed by atoms with van der Waals surface area (Å²) in [6, 6.07) is -0.961. The summed E-state index contributed by atoms with van der Waals surface area (Å²) in [6.07, 6.45) is -4.52. The molecule has 3 aliphatic heterocycles. The third-order valence-electron chi connectivity index (χ3n) is 12.1. The van der Waals surface area contributed by atoms with Crippen molar-refractivity contribution in [2.75, 3.05) is 26.4 Å². The zero-order valence-electron chi connectivity index (χ0n) is 37.3. The molecule has 3 saturated heterocycles. The van der Waals surface area contributed by atoms with Gasteiger partial charge in [0.2, 0.25) is 5.91 Å². The van der Waals surface area contributed by atoms with Gasteiger partial charge in [0.05, 0.1) is 38.6 Å². The number of aliphatic hydroxyl groups excluding tert-OH is 11.